The molecule has 0 bridgehead atoms. The van der Waals surface area contributed by atoms with E-state index in [-0.39, 0.29) is 12.0 Å². The topological polar surface area (TPSA) is 26.3 Å². The Morgan fingerprint density at radius 1 is 1.62 bits per heavy atom. The van der Waals surface area contributed by atoms with Crippen molar-refractivity contribution in [3.63, 3.8) is 0 Å². The third-order valence-electron chi connectivity index (χ3n) is 2.97. The van der Waals surface area contributed by atoms with Crippen LogP contribution in [0.5, 0.6) is 5.75 Å². The normalized spacial score (nSPS) is 20.1. The molecule has 0 amide bonds. The number of hydrogen-bond acceptors (Lipinski definition) is 2. The summed E-state index contributed by atoms with van der Waals surface area (Å²) in [7, 11) is 0. The van der Waals surface area contributed by atoms with Crippen molar-refractivity contribution in [1.29, 1.82) is 0 Å². The van der Waals surface area contributed by atoms with Crippen LogP contribution in [-0.2, 0) is 11.2 Å². The van der Waals surface area contributed by atoms with E-state index in [1.54, 1.807) is 0 Å². The fourth-order valence-corrected chi connectivity index (χ4v) is 2.41. The largest absolute Gasteiger partial charge is 0.490 e. The van der Waals surface area contributed by atoms with Crippen LogP contribution >= 0.6 is 11.6 Å². The van der Waals surface area contributed by atoms with Crippen molar-refractivity contribution < 1.29 is 9.53 Å². The molecule has 1 aliphatic heterocycles. The highest BCUT2D eigenvalue weighted by Crippen LogP contribution is 2.39. The Bertz CT molecular complexity index is 415. The standard InChI is InChI=1S/C13H15ClO2/c1-8(3-4-15)12-7-11(14)6-10-5-9(2)16-13(10)12/h4,6-9H,3,5H2,1-2H3. The summed E-state index contributed by atoms with van der Waals surface area (Å²) in [4.78, 5) is 10.6. The number of carbonyl (C=O) groups excluding carboxylic acids is 1. The van der Waals surface area contributed by atoms with E-state index in [2.05, 4.69) is 0 Å². The van der Waals surface area contributed by atoms with E-state index in [4.69, 9.17) is 16.3 Å². The highest BCUT2D eigenvalue weighted by molar-refractivity contribution is 6.30. The molecule has 1 aromatic rings. The Morgan fingerprint density at radius 3 is 3.06 bits per heavy atom. The maximum atomic E-state index is 10.6. The Morgan fingerprint density at radius 2 is 2.38 bits per heavy atom. The lowest BCUT2D eigenvalue weighted by atomic mass is 9.95. The number of fused-ring (bicyclic) bond motifs is 1. The van der Waals surface area contributed by atoms with Gasteiger partial charge in [-0.3, -0.25) is 0 Å². The molecule has 0 aromatic heterocycles. The van der Waals surface area contributed by atoms with Gasteiger partial charge in [0.05, 0.1) is 0 Å². The Labute approximate surface area is 101 Å². The van der Waals surface area contributed by atoms with E-state index in [0.29, 0.717) is 6.42 Å². The van der Waals surface area contributed by atoms with E-state index in [1.807, 2.05) is 26.0 Å². The molecule has 1 aliphatic rings. The molecule has 2 nitrogen and oxygen atoms in total. The second-order valence-corrected chi connectivity index (χ2v) is 4.86. The molecule has 86 valence electrons. The number of hydrogen-bond donors (Lipinski definition) is 0. The summed E-state index contributed by atoms with van der Waals surface area (Å²) in [5, 5.41) is 0.726. The second kappa shape index (κ2) is 4.46. The van der Waals surface area contributed by atoms with Gasteiger partial charge in [-0.15, -0.1) is 0 Å². The lowest BCUT2D eigenvalue weighted by Crippen LogP contribution is -2.06. The summed E-state index contributed by atoms with van der Waals surface area (Å²) in [5.74, 6) is 1.10. The molecule has 0 N–H and O–H groups in total. The first kappa shape index (κ1) is 11.5. The Balaban J connectivity index is 2.42. The second-order valence-electron chi connectivity index (χ2n) is 4.42. The number of rotatable bonds is 3. The van der Waals surface area contributed by atoms with Gasteiger partial charge in [0.25, 0.3) is 0 Å². The SMILES string of the molecule is CC1Cc2cc(Cl)cc(C(C)CC=O)c2O1. The van der Waals surface area contributed by atoms with Crippen molar-refractivity contribution in [2.75, 3.05) is 0 Å². The molecular formula is C13H15ClO2. The molecule has 3 heteroatoms. The lowest BCUT2D eigenvalue weighted by molar-refractivity contribution is -0.108. The van der Waals surface area contributed by atoms with Crippen LogP contribution in [0.2, 0.25) is 5.02 Å². The first-order valence-corrected chi connectivity index (χ1v) is 5.92. The van der Waals surface area contributed by atoms with Gasteiger partial charge in [0.1, 0.15) is 18.1 Å². The van der Waals surface area contributed by atoms with Gasteiger partial charge in [0.2, 0.25) is 0 Å². The lowest BCUT2D eigenvalue weighted by Gasteiger charge is -2.14. The van der Waals surface area contributed by atoms with Gasteiger partial charge < -0.3 is 9.53 Å². The number of aldehydes is 1. The van der Waals surface area contributed by atoms with E-state index >= 15 is 0 Å². The van der Waals surface area contributed by atoms with Crippen LogP contribution in [0.1, 0.15) is 37.3 Å². The van der Waals surface area contributed by atoms with Crippen LogP contribution in [0.3, 0.4) is 0 Å². The molecule has 1 heterocycles. The fraction of sp³-hybridized carbons (Fsp3) is 0.462. The number of benzene rings is 1. The maximum Gasteiger partial charge on any atom is 0.126 e. The van der Waals surface area contributed by atoms with E-state index in [9.17, 15) is 4.79 Å². The van der Waals surface area contributed by atoms with Gasteiger partial charge in [-0.25, -0.2) is 0 Å². The molecule has 0 radical (unpaired) electrons. The van der Waals surface area contributed by atoms with Gasteiger partial charge in [-0.05, 0) is 36.1 Å². The third-order valence-corrected chi connectivity index (χ3v) is 3.18. The fourth-order valence-electron chi connectivity index (χ4n) is 2.16. The Kier molecular flexibility index (Phi) is 3.20. The van der Waals surface area contributed by atoms with Crippen LogP contribution in [0.15, 0.2) is 12.1 Å². The van der Waals surface area contributed by atoms with Gasteiger partial charge in [0.15, 0.2) is 0 Å². The summed E-state index contributed by atoms with van der Waals surface area (Å²) in [5.41, 5.74) is 2.21. The first-order chi connectivity index (χ1) is 7.61. The minimum Gasteiger partial charge on any atom is -0.490 e. The van der Waals surface area contributed by atoms with Gasteiger partial charge in [0, 0.05) is 17.9 Å². The number of halogens is 1. The van der Waals surface area contributed by atoms with E-state index in [0.717, 1.165) is 34.6 Å². The van der Waals surface area contributed by atoms with E-state index in [1.165, 1.54) is 0 Å². The van der Waals surface area contributed by atoms with E-state index < -0.39 is 0 Å². The molecular weight excluding hydrogens is 224 g/mol. The summed E-state index contributed by atoms with van der Waals surface area (Å²) < 4.78 is 5.79. The van der Waals surface area contributed by atoms with Gasteiger partial charge >= 0.3 is 0 Å². The average Bonchev–Trinajstić information content (AvgIpc) is 2.57. The van der Waals surface area contributed by atoms with Crippen molar-refractivity contribution in [2.24, 2.45) is 0 Å². The van der Waals surface area contributed by atoms with Crippen molar-refractivity contribution in [3.8, 4) is 5.75 Å². The minimum atomic E-state index is 0.162. The van der Waals surface area contributed by atoms with Gasteiger partial charge in [-0.1, -0.05) is 18.5 Å². The zero-order valence-electron chi connectivity index (χ0n) is 9.50. The van der Waals surface area contributed by atoms with Crippen LogP contribution < -0.4 is 4.74 Å². The van der Waals surface area contributed by atoms with Crippen molar-refractivity contribution in [2.45, 2.75) is 38.7 Å². The predicted molar refractivity (Wildman–Crippen MR) is 64.3 cm³/mol. The summed E-state index contributed by atoms with van der Waals surface area (Å²) in [6.07, 6.45) is 2.55. The molecule has 2 rings (SSSR count). The van der Waals surface area contributed by atoms with Crippen molar-refractivity contribution >= 4 is 17.9 Å². The highest BCUT2D eigenvalue weighted by atomic mass is 35.5. The summed E-state index contributed by atoms with van der Waals surface area (Å²) in [6.45, 7) is 4.06. The van der Waals surface area contributed by atoms with Crippen molar-refractivity contribution in [1.82, 2.24) is 0 Å². The van der Waals surface area contributed by atoms with Crippen LogP contribution in [0.4, 0.5) is 0 Å². The monoisotopic (exact) mass is 238 g/mol. The number of carbonyl (C=O) groups is 1. The van der Waals surface area contributed by atoms with Crippen LogP contribution in [-0.4, -0.2) is 12.4 Å². The Hall–Kier alpha value is -1.02. The molecule has 2 unspecified atom stereocenters. The molecule has 0 spiro atoms. The molecule has 0 fully saturated rings. The quantitative estimate of drug-likeness (QED) is 0.755. The smallest absolute Gasteiger partial charge is 0.126 e. The van der Waals surface area contributed by atoms with Gasteiger partial charge in [-0.2, -0.15) is 0 Å². The van der Waals surface area contributed by atoms with Crippen LogP contribution in [0.25, 0.3) is 0 Å². The molecule has 16 heavy (non-hydrogen) atoms. The minimum absolute atomic E-state index is 0.162. The molecule has 1 aromatic carbocycles. The predicted octanol–water partition coefficient (Wildman–Crippen LogP) is 3.36. The number of ether oxygens (including phenoxy) is 1. The zero-order chi connectivity index (χ0) is 11.7. The van der Waals surface area contributed by atoms with Crippen LogP contribution in [0, 0.1) is 0 Å². The van der Waals surface area contributed by atoms with Crippen molar-refractivity contribution in [3.05, 3.63) is 28.3 Å². The molecule has 0 saturated carbocycles. The highest BCUT2D eigenvalue weighted by Gasteiger charge is 2.24. The average molecular weight is 239 g/mol. The molecule has 0 saturated heterocycles. The molecule has 2 atom stereocenters. The summed E-state index contributed by atoms with van der Waals surface area (Å²) in [6, 6.07) is 3.87. The zero-order valence-corrected chi connectivity index (χ0v) is 10.3. The third kappa shape index (κ3) is 2.07. The first-order valence-electron chi connectivity index (χ1n) is 5.54. The molecule has 0 aliphatic carbocycles. The maximum absolute atomic E-state index is 10.6. The summed E-state index contributed by atoms with van der Waals surface area (Å²) >= 11 is 6.08.